The maximum absolute atomic E-state index is 10.7. The average molecular weight is 173 g/mol. The molecular formula is C9H19NO2. The lowest BCUT2D eigenvalue weighted by Crippen LogP contribution is -2.38. The van der Waals surface area contributed by atoms with Crippen LogP contribution in [-0.4, -0.2) is 22.8 Å². The molecule has 2 amide bonds. The van der Waals surface area contributed by atoms with Crippen LogP contribution in [0.25, 0.3) is 0 Å². The van der Waals surface area contributed by atoms with Gasteiger partial charge in [-0.2, -0.15) is 0 Å². The molecule has 0 unspecified atom stereocenters. The minimum absolute atomic E-state index is 0.0324. The Hall–Kier alpha value is -0.860. The van der Waals surface area contributed by atoms with E-state index in [0.29, 0.717) is 0 Å². The molecule has 0 fully saturated rings. The molecule has 3 heteroatoms. The van der Waals surface area contributed by atoms with Gasteiger partial charge in [0.2, 0.25) is 11.8 Å². The number of nitrogens with zero attached hydrogens (tertiary/aromatic N) is 1. The van der Waals surface area contributed by atoms with Crippen LogP contribution < -0.4 is 0 Å². The molecule has 0 bridgehead atoms. The van der Waals surface area contributed by atoms with Crippen molar-refractivity contribution in [2.45, 2.75) is 47.6 Å². The Labute approximate surface area is 74.7 Å². The lowest BCUT2D eigenvalue weighted by atomic mass is 10.3. The van der Waals surface area contributed by atoms with Crippen LogP contribution in [0.1, 0.15) is 41.5 Å². The van der Waals surface area contributed by atoms with Crippen LogP contribution in [0.2, 0.25) is 0 Å². The molecule has 0 aromatic carbocycles. The summed E-state index contributed by atoms with van der Waals surface area (Å²) < 4.78 is 0. The Bertz CT molecular complexity index is 139. The third-order valence-electron chi connectivity index (χ3n) is 1.19. The third-order valence-corrected chi connectivity index (χ3v) is 1.19. The van der Waals surface area contributed by atoms with E-state index in [1.165, 1.54) is 18.7 Å². The summed E-state index contributed by atoms with van der Waals surface area (Å²) >= 11 is 0. The molecule has 0 aromatic rings. The van der Waals surface area contributed by atoms with E-state index >= 15 is 0 Å². The van der Waals surface area contributed by atoms with Crippen molar-refractivity contribution >= 4 is 11.8 Å². The van der Waals surface area contributed by atoms with Gasteiger partial charge >= 0.3 is 0 Å². The zero-order valence-electron chi connectivity index (χ0n) is 8.84. The van der Waals surface area contributed by atoms with Gasteiger partial charge < -0.3 is 0 Å². The largest absolute Gasteiger partial charge is 0.281 e. The number of carbonyl (C=O) groups is 2. The van der Waals surface area contributed by atoms with Gasteiger partial charge in [-0.3, -0.25) is 14.5 Å². The summed E-state index contributed by atoms with van der Waals surface area (Å²) in [6, 6.07) is -0.0324. The number of hydrogen-bond acceptors (Lipinski definition) is 2. The Morgan fingerprint density at radius 2 is 1.25 bits per heavy atom. The lowest BCUT2D eigenvalue weighted by Gasteiger charge is -2.20. The molecule has 0 radical (unpaired) electrons. The molecule has 72 valence electrons. The molecule has 0 rings (SSSR count). The van der Waals surface area contributed by atoms with E-state index < -0.39 is 0 Å². The topological polar surface area (TPSA) is 37.4 Å². The van der Waals surface area contributed by atoms with Crippen LogP contribution in [0.4, 0.5) is 0 Å². The fourth-order valence-corrected chi connectivity index (χ4v) is 0.949. The van der Waals surface area contributed by atoms with E-state index in [0.717, 1.165) is 0 Å². The Balaban J connectivity index is 0. The second-order valence-electron chi connectivity index (χ2n) is 2.50. The zero-order chi connectivity index (χ0) is 10.3. The highest BCUT2D eigenvalue weighted by Gasteiger charge is 2.15. The van der Waals surface area contributed by atoms with Gasteiger partial charge in [0.05, 0.1) is 0 Å². The molecule has 0 aliphatic heterocycles. The zero-order valence-corrected chi connectivity index (χ0v) is 8.84. The maximum atomic E-state index is 10.7. The van der Waals surface area contributed by atoms with Crippen LogP contribution in [0.5, 0.6) is 0 Å². The first-order chi connectivity index (χ1) is 5.46. The molecule has 0 saturated carbocycles. The van der Waals surface area contributed by atoms with Crippen LogP contribution in [0.15, 0.2) is 0 Å². The summed E-state index contributed by atoms with van der Waals surface area (Å²) in [6.07, 6.45) is 0. The van der Waals surface area contributed by atoms with E-state index in [9.17, 15) is 9.59 Å². The normalized spacial score (nSPS) is 8.58. The first-order valence-electron chi connectivity index (χ1n) is 4.27. The van der Waals surface area contributed by atoms with Crippen LogP contribution in [0, 0.1) is 0 Å². The van der Waals surface area contributed by atoms with Gasteiger partial charge in [0, 0.05) is 19.9 Å². The first-order valence-corrected chi connectivity index (χ1v) is 4.27. The van der Waals surface area contributed by atoms with Crippen molar-refractivity contribution in [2.75, 3.05) is 0 Å². The van der Waals surface area contributed by atoms with E-state index in [4.69, 9.17) is 0 Å². The van der Waals surface area contributed by atoms with Gasteiger partial charge in [-0.25, -0.2) is 0 Å². The van der Waals surface area contributed by atoms with Crippen molar-refractivity contribution in [2.24, 2.45) is 0 Å². The first kappa shape index (κ1) is 13.7. The van der Waals surface area contributed by atoms with Gasteiger partial charge in [0.25, 0.3) is 0 Å². The second-order valence-corrected chi connectivity index (χ2v) is 2.50. The third kappa shape index (κ3) is 4.88. The Morgan fingerprint density at radius 1 is 1.00 bits per heavy atom. The van der Waals surface area contributed by atoms with Crippen molar-refractivity contribution in [3.05, 3.63) is 0 Å². The van der Waals surface area contributed by atoms with Gasteiger partial charge in [0.15, 0.2) is 0 Å². The Morgan fingerprint density at radius 3 is 1.25 bits per heavy atom. The molecule has 12 heavy (non-hydrogen) atoms. The molecular weight excluding hydrogens is 154 g/mol. The minimum Gasteiger partial charge on any atom is -0.281 e. The smallest absolute Gasteiger partial charge is 0.226 e. The molecule has 0 saturated heterocycles. The predicted octanol–water partition coefficient (Wildman–Crippen LogP) is 1.82. The molecule has 0 aromatic heterocycles. The molecule has 0 spiro atoms. The van der Waals surface area contributed by atoms with Crippen molar-refractivity contribution in [3.63, 3.8) is 0 Å². The van der Waals surface area contributed by atoms with Crippen LogP contribution >= 0.6 is 0 Å². The minimum atomic E-state index is -0.192. The van der Waals surface area contributed by atoms with E-state index in [-0.39, 0.29) is 17.9 Å². The summed E-state index contributed by atoms with van der Waals surface area (Å²) in [4.78, 5) is 22.7. The fraction of sp³-hybridized carbons (Fsp3) is 0.778. The summed E-state index contributed by atoms with van der Waals surface area (Å²) in [5.41, 5.74) is 0. The number of carbonyl (C=O) groups excluding carboxylic acids is 2. The SMILES string of the molecule is CC.CC(=O)N(C(C)=O)C(C)C. The fourth-order valence-electron chi connectivity index (χ4n) is 0.949. The quantitative estimate of drug-likeness (QED) is 0.606. The molecule has 3 nitrogen and oxygen atoms in total. The van der Waals surface area contributed by atoms with Crippen molar-refractivity contribution in [1.29, 1.82) is 0 Å². The number of rotatable bonds is 1. The summed E-state index contributed by atoms with van der Waals surface area (Å²) in [5.74, 6) is -0.384. The van der Waals surface area contributed by atoms with Crippen LogP contribution in [-0.2, 0) is 9.59 Å². The van der Waals surface area contributed by atoms with E-state index in [1.54, 1.807) is 0 Å². The molecule has 0 heterocycles. The number of amides is 2. The molecule has 0 atom stereocenters. The molecule has 0 N–H and O–H groups in total. The van der Waals surface area contributed by atoms with Crippen LogP contribution in [0.3, 0.4) is 0 Å². The Kier molecular flexibility index (Phi) is 7.80. The van der Waals surface area contributed by atoms with E-state index in [1.807, 2.05) is 27.7 Å². The number of hydrogen-bond donors (Lipinski definition) is 0. The molecule has 0 aliphatic rings. The van der Waals surface area contributed by atoms with Gasteiger partial charge in [0.1, 0.15) is 0 Å². The van der Waals surface area contributed by atoms with Gasteiger partial charge in [-0.15, -0.1) is 0 Å². The highest BCUT2D eigenvalue weighted by Crippen LogP contribution is 1.98. The summed E-state index contributed by atoms with van der Waals surface area (Å²) in [6.45, 7) is 10.4. The average Bonchev–Trinajstić information content (AvgIpc) is 1.88. The summed E-state index contributed by atoms with van der Waals surface area (Å²) in [7, 11) is 0. The maximum Gasteiger partial charge on any atom is 0.226 e. The van der Waals surface area contributed by atoms with E-state index in [2.05, 4.69) is 0 Å². The van der Waals surface area contributed by atoms with Gasteiger partial charge in [-0.05, 0) is 13.8 Å². The molecule has 0 aliphatic carbocycles. The van der Waals surface area contributed by atoms with Crippen molar-refractivity contribution < 1.29 is 9.59 Å². The highest BCUT2D eigenvalue weighted by atomic mass is 16.2. The van der Waals surface area contributed by atoms with Gasteiger partial charge in [-0.1, -0.05) is 13.8 Å². The number of imide groups is 1. The standard InChI is InChI=1S/C7H13NO2.C2H6/c1-5(2)8(6(3)9)7(4)10;1-2/h5H,1-4H3;1-2H3. The second kappa shape index (κ2) is 6.83. The van der Waals surface area contributed by atoms with Crippen molar-refractivity contribution in [3.8, 4) is 0 Å². The lowest BCUT2D eigenvalue weighted by molar-refractivity contribution is -0.144. The monoisotopic (exact) mass is 173 g/mol. The van der Waals surface area contributed by atoms with Crippen molar-refractivity contribution in [1.82, 2.24) is 4.90 Å². The predicted molar refractivity (Wildman–Crippen MR) is 49.7 cm³/mol. The highest BCUT2D eigenvalue weighted by molar-refractivity contribution is 5.93. The summed E-state index contributed by atoms with van der Waals surface area (Å²) in [5, 5.41) is 0.